The zero-order valence-corrected chi connectivity index (χ0v) is 15.9. The number of pyridine rings is 1. The second-order valence-electron chi connectivity index (χ2n) is 7.65. The highest BCUT2D eigenvalue weighted by atomic mass is 15.3. The van der Waals surface area contributed by atoms with Gasteiger partial charge in [0.05, 0.1) is 48.1 Å². The highest BCUT2D eigenvalue weighted by Gasteiger charge is 2.46. The SMILES string of the molecule is Cn1cc(-c2cc(-c3cnn(C4(CC#N)CC(C#N)C4)c3)n3ccnc3c2)cn1. The van der Waals surface area contributed by atoms with E-state index in [4.69, 9.17) is 0 Å². The quantitative estimate of drug-likeness (QED) is 0.540. The van der Waals surface area contributed by atoms with Crippen LogP contribution in [-0.2, 0) is 12.6 Å². The molecule has 0 unspecified atom stereocenters. The van der Waals surface area contributed by atoms with Gasteiger partial charge in [0.2, 0.25) is 0 Å². The predicted octanol–water partition coefficient (Wildman–Crippen LogP) is 3.14. The number of hydrogen-bond donors (Lipinski definition) is 0. The Labute approximate surface area is 167 Å². The summed E-state index contributed by atoms with van der Waals surface area (Å²) in [6.45, 7) is 0. The molecule has 142 valence electrons. The average molecular weight is 382 g/mol. The Bertz CT molecular complexity index is 1290. The van der Waals surface area contributed by atoms with Crippen LogP contribution in [0.1, 0.15) is 19.3 Å². The molecule has 0 aromatic carbocycles. The number of nitrogens with zero attached hydrogens (tertiary/aromatic N) is 8. The third kappa shape index (κ3) is 2.69. The van der Waals surface area contributed by atoms with E-state index in [-0.39, 0.29) is 11.5 Å². The molecule has 4 aromatic rings. The molecule has 1 fully saturated rings. The van der Waals surface area contributed by atoms with E-state index in [1.807, 2.05) is 53.2 Å². The van der Waals surface area contributed by atoms with Crippen LogP contribution < -0.4 is 0 Å². The van der Waals surface area contributed by atoms with Gasteiger partial charge in [0.15, 0.2) is 0 Å². The normalized spacial score (nSPS) is 20.9. The first-order chi connectivity index (χ1) is 14.1. The summed E-state index contributed by atoms with van der Waals surface area (Å²) in [4.78, 5) is 4.46. The molecule has 8 nitrogen and oxygen atoms in total. The van der Waals surface area contributed by atoms with Gasteiger partial charge in [-0.3, -0.25) is 13.8 Å². The maximum Gasteiger partial charge on any atom is 0.137 e. The minimum Gasteiger partial charge on any atom is -0.300 e. The summed E-state index contributed by atoms with van der Waals surface area (Å²) < 4.78 is 5.67. The Morgan fingerprint density at radius 1 is 1.10 bits per heavy atom. The fraction of sp³-hybridized carbons (Fsp3) is 0.286. The van der Waals surface area contributed by atoms with Crippen molar-refractivity contribution in [3.05, 3.63) is 49.3 Å². The van der Waals surface area contributed by atoms with Gasteiger partial charge in [0.25, 0.3) is 0 Å². The third-order valence-corrected chi connectivity index (χ3v) is 5.75. The molecule has 0 atom stereocenters. The van der Waals surface area contributed by atoms with Crippen LogP contribution in [0.2, 0.25) is 0 Å². The lowest BCUT2D eigenvalue weighted by atomic mass is 9.67. The Balaban J connectivity index is 1.59. The van der Waals surface area contributed by atoms with Crippen LogP contribution in [0.3, 0.4) is 0 Å². The molecule has 0 saturated heterocycles. The minimum absolute atomic E-state index is 0.00901. The summed E-state index contributed by atoms with van der Waals surface area (Å²) in [5, 5.41) is 27.3. The Morgan fingerprint density at radius 2 is 1.93 bits per heavy atom. The van der Waals surface area contributed by atoms with Gasteiger partial charge in [-0.15, -0.1) is 0 Å². The molecule has 0 spiro atoms. The molecule has 0 bridgehead atoms. The molecule has 1 saturated carbocycles. The van der Waals surface area contributed by atoms with Crippen molar-refractivity contribution < 1.29 is 0 Å². The number of hydrogen-bond acceptors (Lipinski definition) is 5. The molecule has 0 radical (unpaired) electrons. The number of fused-ring (bicyclic) bond motifs is 1. The Kier molecular flexibility index (Phi) is 3.75. The summed E-state index contributed by atoms with van der Waals surface area (Å²) in [6.07, 6.45) is 13.0. The second-order valence-corrected chi connectivity index (χ2v) is 7.65. The first kappa shape index (κ1) is 17.2. The van der Waals surface area contributed by atoms with Crippen LogP contribution in [0.15, 0.2) is 49.3 Å². The number of aryl methyl sites for hydroxylation is 1. The van der Waals surface area contributed by atoms with E-state index in [0.29, 0.717) is 19.3 Å². The molecule has 4 heterocycles. The average Bonchev–Trinajstić information content (AvgIpc) is 3.43. The Hall–Kier alpha value is -3.91. The van der Waals surface area contributed by atoms with Gasteiger partial charge < -0.3 is 0 Å². The first-order valence-electron chi connectivity index (χ1n) is 9.40. The highest BCUT2D eigenvalue weighted by molar-refractivity contribution is 5.74. The fourth-order valence-electron chi connectivity index (χ4n) is 4.21. The summed E-state index contributed by atoms with van der Waals surface area (Å²) in [7, 11) is 1.89. The summed E-state index contributed by atoms with van der Waals surface area (Å²) in [5.74, 6) is -0.00901. The highest BCUT2D eigenvalue weighted by Crippen LogP contribution is 2.46. The van der Waals surface area contributed by atoms with E-state index in [1.165, 1.54) is 0 Å². The van der Waals surface area contributed by atoms with Gasteiger partial charge in [0, 0.05) is 43.0 Å². The molecule has 5 rings (SSSR count). The van der Waals surface area contributed by atoms with Crippen LogP contribution in [-0.4, -0.2) is 28.9 Å². The smallest absolute Gasteiger partial charge is 0.137 e. The molecule has 1 aliphatic carbocycles. The van der Waals surface area contributed by atoms with E-state index >= 15 is 0 Å². The number of aromatic nitrogens is 6. The van der Waals surface area contributed by atoms with E-state index < -0.39 is 0 Å². The van der Waals surface area contributed by atoms with Crippen molar-refractivity contribution in [2.75, 3.05) is 0 Å². The van der Waals surface area contributed by atoms with Crippen LogP contribution in [0.25, 0.3) is 28.0 Å². The molecule has 4 aromatic heterocycles. The van der Waals surface area contributed by atoms with Gasteiger partial charge in [-0.1, -0.05) is 0 Å². The predicted molar refractivity (Wildman–Crippen MR) is 105 cm³/mol. The zero-order chi connectivity index (χ0) is 20.0. The lowest BCUT2D eigenvalue weighted by Crippen LogP contribution is -2.46. The summed E-state index contributed by atoms with van der Waals surface area (Å²) >= 11 is 0. The fourth-order valence-corrected chi connectivity index (χ4v) is 4.21. The molecular weight excluding hydrogens is 364 g/mol. The van der Waals surface area contributed by atoms with Crippen molar-refractivity contribution in [3.63, 3.8) is 0 Å². The molecule has 0 N–H and O–H groups in total. The van der Waals surface area contributed by atoms with E-state index in [1.54, 1.807) is 10.9 Å². The molecule has 1 aliphatic rings. The van der Waals surface area contributed by atoms with Crippen molar-refractivity contribution >= 4 is 5.65 Å². The van der Waals surface area contributed by atoms with Crippen molar-refractivity contribution in [1.82, 2.24) is 28.9 Å². The maximum atomic E-state index is 9.29. The van der Waals surface area contributed by atoms with Gasteiger partial charge in [-0.25, -0.2) is 4.98 Å². The number of rotatable bonds is 4. The van der Waals surface area contributed by atoms with E-state index in [9.17, 15) is 10.5 Å². The van der Waals surface area contributed by atoms with Gasteiger partial charge >= 0.3 is 0 Å². The van der Waals surface area contributed by atoms with Crippen LogP contribution >= 0.6 is 0 Å². The Morgan fingerprint density at radius 3 is 2.66 bits per heavy atom. The minimum atomic E-state index is -0.386. The van der Waals surface area contributed by atoms with Crippen molar-refractivity contribution in [2.45, 2.75) is 24.8 Å². The standard InChI is InChI=1S/C21H18N8/c1-27-13-17(11-25-27)16-6-19(28-5-4-24-20(28)7-16)18-12-26-29(14-18)21(2-3-22)8-15(9-21)10-23/h4-7,11-15H,2,8-9H2,1H3. The van der Waals surface area contributed by atoms with Crippen LogP contribution in [0.4, 0.5) is 0 Å². The summed E-state index contributed by atoms with van der Waals surface area (Å²) in [5.41, 5.74) is 4.41. The maximum absolute atomic E-state index is 9.29. The second kappa shape index (κ2) is 6.32. The zero-order valence-electron chi connectivity index (χ0n) is 15.9. The van der Waals surface area contributed by atoms with Gasteiger partial charge in [-0.2, -0.15) is 20.7 Å². The van der Waals surface area contributed by atoms with Gasteiger partial charge in [-0.05, 0) is 30.5 Å². The lowest BCUT2D eigenvalue weighted by molar-refractivity contribution is 0.0882. The van der Waals surface area contributed by atoms with Crippen LogP contribution in [0, 0.1) is 28.6 Å². The van der Waals surface area contributed by atoms with Crippen molar-refractivity contribution in [3.8, 4) is 34.5 Å². The van der Waals surface area contributed by atoms with Gasteiger partial charge in [0.1, 0.15) is 5.65 Å². The van der Waals surface area contributed by atoms with E-state index in [2.05, 4.69) is 33.4 Å². The number of nitriles is 2. The van der Waals surface area contributed by atoms with E-state index in [0.717, 1.165) is 28.0 Å². The largest absolute Gasteiger partial charge is 0.300 e. The van der Waals surface area contributed by atoms with Crippen molar-refractivity contribution in [2.24, 2.45) is 13.0 Å². The van der Waals surface area contributed by atoms with Crippen molar-refractivity contribution in [1.29, 1.82) is 10.5 Å². The third-order valence-electron chi connectivity index (χ3n) is 5.75. The lowest BCUT2D eigenvalue weighted by Gasteiger charge is -2.43. The number of imidazole rings is 1. The topological polar surface area (TPSA) is 101 Å². The molecule has 0 aliphatic heterocycles. The monoisotopic (exact) mass is 382 g/mol. The molecule has 8 heteroatoms. The molecule has 0 amide bonds. The molecular formula is C21H18N8. The molecule has 29 heavy (non-hydrogen) atoms. The first-order valence-corrected chi connectivity index (χ1v) is 9.40. The summed E-state index contributed by atoms with van der Waals surface area (Å²) in [6, 6.07) is 8.70. The van der Waals surface area contributed by atoms with Crippen LogP contribution in [0.5, 0.6) is 0 Å².